The molecule has 6 heteroatoms. The van der Waals surface area contributed by atoms with Crippen LogP contribution in [0.1, 0.15) is 25.5 Å². The van der Waals surface area contributed by atoms with Gasteiger partial charge < -0.3 is 15.0 Å². The Morgan fingerprint density at radius 2 is 1.82 bits per heavy atom. The zero-order valence-electron chi connectivity index (χ0n) is 13.3. The number of nitrogens with zero attached hydrogens (tertiary/aromatic N) is 1. The minimum atomic E-state index is -0.714. The third kappa shape index (κ3) is 3.21. The summed E-state index contributed by atoms with van der Waals surface area (Å²) in [5.41, 5.74) is 2.17. The number of hydrogen-bond donors (Lipinski definition) is 2. The summed E-state index contributed by atoms with van der Waals surface area (Å²) >= 11 is 0. The van der Waals surface area contributed by atoms with E-state index in [1.54, 1.807) is 13.8 Å². The first kappa shape index (κ1) is 15.9. The molecule has 0 saturated heterocycles. The van der Waals surface area contributed by atoms with E-state index < -0.39 is 12.1 Å². The fraction of sp³-hybridized carbons (Fsp3) is 0.375. The number of carbonyl (C=O) groups is 2. The van der Waals surface area contributed by atoms with Crippen LogP contribution in [0.25, 0.3) is 0 Å². The van der Waals surface area contributed by atoms with Gasteiger partial charge in [0.15, 0.2) is 5.78 Å². The maximum atomic E-state index is 12.6. The van der Waals surface area contributed by atoms with E-state index in [1.165, 1.54) is 0 Å². The molecule has 1 unspecified atom stereocenters. The van der Waals surface area contributed by atoms with Gasteiger partial charge in [-0.3, -0.25) is 10.1 Å². The smallest absolute Gasteiger partial charge is 0.322 e. The van der Waals surface area contributed by atoms with Crippen LogP contribution in [-0.4, -0.2) is 32.5 Å². The Bertz CT molecular complexity index is 606. The van der Waals surface area contributed by atoms with E-state index >= 15 is 0 Å². The highest BCUT2D eigenvalue weighted by Gasteiger charge is 2.30. The van der Waals surface area contributed by atoms with Crippen LogP contribution >= 0.6 is 0 Å². The second-order valence-corrected chi connectivity index (χ2v) is 5.27. The number of nitrogens with one attached hydrogen (secondary N) is 2. The molecule has 0 aromatic heterocycles. The lowest BCUT2D eigenvalue weighted by Crippen LogP contribution is -2.37. The van der Waals surface area contributed by atoms with Gasteiger partial charge in [0, 0.05) is 19.8 Å². The van der Waals surface area contributed by atoms with Crippen molar-refractivity contribution >= 4 is 17.5 Å². The molecule has 0 bridgehead atoms. The van der Waals surface area contributed by atoms with Crippen molar-refractivity contribution in [2.45, 2.75) is 19.9 Å². The average Bonchev–Trinajstić information content (AvgIpc) is 2.60. The van der Waals surface area contributed by atoms with E-state index in [0.717, 1.165) is 11.3 Å². The van der Waals surface area contributed by atoms with Crippen LogP contribution in [0.5, 0.6) is 0 Å². The number of ketones is 1. The van der Waals surface area contributed by atoms with Crippen LogP contribution in [0, 0.1) is 0 Å². The Balaban J connectivity index is 2.34. The van der Waals surface area contributed by atoms with E-state index in [1.807, 2.05) is 43.3 Å². The van der Waals surface area contributed by atoms with Crippen molar-refractivity contribution in [3.8, 4) is 0 Å². The van der Waals surface area contributed by atoms with Gasteiger partial charge in [0.1, 0.15) is 6.04 Å². The number of rotatable bonds is 4. The van der Waals surface area contributed by atoms with E-state index in [0.29, 0.717) is 12.2 Å². The molecular weight excluding hydrogens is 282 g/mol. The summed E-state index contributed by atoms with van der Waals surface area (Å²) in [6.07, 6.45) is 0. The first-order chi connectivity index (χ1) is 10.4. The Kier molecular flexibility index (Phi) is 4.70. The molecule has 0 spiro atoms. The third-order valence-electron chi connectivity index (χ3n) is 3.51. The van der Waals surface area contributed by atoms with Gasteiger partial charge in [0.05, 0.1) is 12.2 Å². The van der Waals surface area contributed by atoms with Gasteiger partial charge in [0.2, 0.25) is 5.88 Å². The molecule has 1 aromatic rings. The summed E-state index contributed by atoms with van der Waals surface area (Å²) < 4.78 is 5.33. The van der Waals surface area contributed by atoms with Gasteiger partial charge in [-0.25, -0.2) is 4.79 Å². The number of urea groups is 1. The van der Waals surface area contributed by atoms with Gasteiger partial charge >= 0.3 is 6.03 Å². The van der Waals surface area contributed by atoms with Crippen molar-refractivity contribution in [3.05, 3.63) is 41.3 Å². The zero-order chi connectivity index (χ0) is 16.3. The third-order valence-corrected chi connectivity index (χ3v) is 3.51. The second kappa shape index (κ2) is 6.51. The number of benzene rings is 1. The van der Waals surface area contributed by atoms with Gasteiger partial charge in [-0.15, -0.1) is 0 Å². The molecule has 2 N–H and O–H groups in total. The maximum Gasteiger partial charge on any atom is 0.322 e. The topological polar surface area (TPSA) is 70.7 Å². The van der Waals surface area contributed by atoms with E-state index in [-0.39, 0.29) is 11.7 Å². The summed E-state index contributed by atoms with van der Waals surface area (Å²) in [4.78, 5) is 26.5. The number of amides is 2. The van der Waals surface area contributed by atoms with E-state index in [2.05, 4.69) is 10.6 Å². The quantitative estimate of drug-likeness (QED) is 0.892. The number of Topliss-reactive ketones (excluding diaryl/α,β-unsaturated/α-hetero) is 1. The van der Waals surface area contributed by atoms with Crippen molar-refractivity contribution in [2.75, 3.05) is 25.6 Å². The number of anilines is 1. The molecule has 118 valence electrons. The van der Waals surface area contributed by atoms with Gasteiger partial charge in [-0.2, -0.15) is 0 Å². The number of carbonyl (C=O) groups excluding carboxylic acids is 2. The molecule has 1 aliphatic heterocycles. The van der Waals surface area contributed by atoms with Crippen LogP contribution in [0.15, 0.2) is 35.7 Å². The summed E-state index contributed by atoms with van der Waals surface area (Å²) in [6.45, 7) is 3.83. The van der Waals surface area contributed by atoms with Crippen LogP contribution in [0.4, 0.5) is 10.5 Å². The lowest BCUT2D eigenvalue weighted by molar-refractivity contribution is -0.117. The van der Waals surface area contributed by atoms with Gasteiger partial charge in [-0.05, 0) is 31.5 Å². The number of ether oxygens (including phenoxy) is 1. The molecule has 2 amide bonds. The molecule has 1 heterocycles. The summed E-state index contributed by atoms with van der Waals surface area (Å²) in [5, 5.41) is 5.25. The molecule has 0 saturated carbocycles. The average molecular weight is 303 g/mol. The van der Waals surface area contributed by atoms with Crippen LogP contribution in [0.3, 0.4) is 0 Å². The molecule has 1 atom stereocenters. The fourth-order valence-electron chi connectivity index (χ4n) is 2.25. The molecule has 2 rings (SSSR count). The number of hydrogen-bond acceptors (Lipinski definition) is 4. The lowest BCUT2D eigenvalue weighted by atomic mass is 9.98. The molecular formula is C16H21N3O3. The molecule has 6 nitrogen and oxygen atoms in total. The Hall–Kier alpha value is -2.50. The summed E-state index contributed by atoms with van der Waals surface area (Å²) in [7, 11) is 3.89. The highest BCUT2D eigenvalue weighted by atomic mass is 16.5. The summed E-state index contributed by atoms with van der Waals surface area (Å²) in [6, 6.07) is 6.35. The standard InChI is InChI=1S/C16H21N3O3/c1-5-22-15-10(2)14(20)13(17-16(21)18-15)11-6-8-12(9-7-11)19(3)4/h6-9,13H,5H2,1-4H3,(H2,17,18,21). The normalized spacial score (nSPS) is 18.5. The van der Waals surface area contributed by atoms with Gasteiger partial charge in [0.25, 0.3) is 0 Å². The Morgan fingerprint density at radius 3 is 2.36 bits per heavy atom. The predicted octanol–water partition coefficient (Wildman–Crippen LogP) is 1.94. The van der Waals surface area contributed by atoms with Crippen LogP contribution in [-0.2, 0) is 9.53 Å². The first-order valence-electron chi connectivity index (χ1n) is 7.16. The highest BCUT2D eigenvalue weighted by Crippen LogP contribution is 2.23. The van der Waals surface area contributed by atoms with Crippen molar-refractivity contribution in [3.63, 3.8) is 0 Å². The SMILES string of the molecule is CCOC1=C(C)C(=O)C(c2ccc(N(C)C)cc2)NC(=O)N1. The first-order valence-corrected chi connectivity index (χ1v) is 7.16. The Labute approximate surface area is 130 Å². The summed E-state index contributed by atoms with van der Waals surface area (Å²) in [5.74, 6) is 0.0387. The van der Waals surface area contributed by atoms with E-state index in [4.69, 9.17) is 4.74 Å². The monoisotopic (exact) mass is 303 g/mol. The second-order valence-electron chi connectivity index (χ2n) is 5.27. The highest BCUT2D eigenvalue weighted by molar-refractivity contribution is 6.03. The molecule has 22 heavy (non-hydrogen) atoms. The largest absolute Gasteiger partial charge is 0.479 e. The zero-order valence-corrected chi connectivity index (χ0v) is 13.3. The maximum absolute atomic E-state index is 12.6. The lowest BCUT2D eigenvalue weighted by Gasteiger charge is -2.17. The fourth-order valence-corrected chi connectivity index (χ4v) is 2.25. The molecule has 1 aromatic carbocycles. The Morgan fingerprint density at radius 1 is 1.18 bits per heavy atom. The van der Waals surface area contributed by atoms with Crippen molar-refractivity contribution in [1.29, 1.82) is 0 Å². The van der Waals surface area contributed by atoms with Crippen molar-refractivity contribution in [1.82, 2.24) is 10.6 Å². The minimum Gasteiger partial charge on any atom is -0.479 e. The van der Waals surface area contributed by atoms with Crippen molar-refractivity contribution in [2.24, 2.45) is 0 Å². The molecule has 0 fully saturated rings. The van der Waals surface area contributed by atoms with Crippen LogP contribution < -0.4 is 15.5 Å². The molecule has 0 radical (unpaired) electrons. The molecule has 1 aliphatic rings. The minimum absolute atomic E-state index is 0.181. The van der Waals surface area contributed by atoms with E-state index in [9.17, 15) is 9.59 Å². The molecule has 0 aliphatic carbocycles. The van der Waals surface area contributed by atoms with Gasteiger partial charge in [-0.1, -0.05) is 12.1 Å². The van der Waals surface area contributed by atoms with Crippen molar-refractivity contribution < 1.29 is 14.3 Å². The van der Waals surface area contributed by atoms with Crippen LogP contribution in [0.2, 0.25) is 0 Å². The predicted molar refractivity (Wildman–Crippen MR) is 84.5 cm³/mol.